The molecular formula is C15H20N2OS. The first-order chi connectivity index (χ1) is 9.24. The number of hydrogen-bond acceptors (Lipinski definition) is 4. The van der Waals surface area contributed by atoms with Crippen LogP contribution >= 0.6 is 11.3 Å². The van der Waals surface area contributed by atoms with Crippen molar-refractivity contribution < 1.29 is 4.74 Å². The highest BCUT2D eigenvalue weighted by Crippen LogP contribution is 2.25. The van der Waals surface area contributed by atoms with Crippen molar-refractivity contribution in [3.63, 3.8) is 0 Å². The van der Waals surface area contributed by atoms with Crippen LogP contribution in [0.3, 0.4) is 0 Å². The van der Waals surface area contributed by atoms with Crippen LogP contribution in [0.15, 0.2) is 29.9 Å². The number of aryl methyl sites for hydroxylation is 1. The van der Waals surface area contributed by atoms with E-state index in [0.29, 0.717) is 6.04 Å². The molecule has 1 heterocycles. The number of likely N-dealkylation sites (N-methyl/N-ethyl adjacent to an activating group) is 1. The first-order valence-electron chi connectivity index (χ1n) is 6.50. The number of nitrogens with zero attached hydrogens (tertiary/aromatic N) is 1. The van der Waals surface area contributed by atoms with Crippen molar-refractivity contribution >= 4 is 11.3 Å². The normalized spacial score (nSPS) is 12.4. The van der Waals surface area contributed by atoms with E-state index in [9.17, 15) is 0 Å². The van der Waals surface area contributed by atoms with Gasteiger partial charge in [-0.2, -0.15) is 0 Å². The molecule has 0 fully saturated rings. The van der Waals surface area contributed by atoms with E-state index in [0.717, 1.165) is 18.7 Å². The van der Waals surface area contributed by atoms with Gasteiger partial charge in [0, 0.05) is 23.5 Å². The van der Waals surface area contributed by atoms with E-state index in [4.69, 9.17) is 4.74 Å². The van der Waals surface area contributed by atoms with Crippen molar-refractivity contribution in [1.82, 2.24) is 10.3 Å². The molecule has 2 aromatic rings. The SMILES string of the molecule is CCNC(Cc1cncs1)c1ccc(OC)c(C)c1. The van der Waals surface area contributed by atoms with E-state index in [-0.39, 0.29) is 0 Å². The third-order valence-electron chi connectivity index (χ3n) is 3.16. The minimum absolute atomic E-state index is 0.329. The molecule has 1 aromatic carbocycles. The molecule has 0 aliphatic carbocycles. The molecule has 4 heteroatoms. The van der Waals surface area contributed by atoms with Crippen LogP contribution in [0.1, 0.15) is 29.0 Å². The van der Waals surface area contributed by atoms with Crippen LogP contribution in [0, 0.1) is 6.92 Å². The summed E-state index contributed by atoms with van der Waals surface area (Å²) in [7, 11) is 1.71. The van der Waals surface area contributed by atoms with Gasteiger partial charge in [-0.1, -0.05) is 19.1 Å². The summed E-state index contributed by atoms with van der Waals surface area (Å²) in [6, 6.07) is 6.71. The molecule has 0 spiro atoms. The van der Waals surface area contributed by atoms with Crippen LogP contribution in [0.2, 0.25) is 0 Å². The average molecular weight is 276 g/mol. The van der Waals surface area contributed by atoms with Gasteiger partial charge in [-0.25, -0.2) is 0 Å². The summed E-state index contributed by atoms with van der Waals surface area (Å²) >= 11 is 1.71. The molecule has 1 N–H and O–H groups in total. The van der Waals surface area contributed by atoms with Gasteiger partial charge in [0.1, 0.15) is 5.75 Å². The van der Waals surface area contributed by atoms with E-state index in [1.165, 1.54) is 16.0 Å². The third kappa shape index (κ3) is 3.55. The zero-order chi connectivity index (χ0) is 13.7. The summed E-state index contributed by atoms with van der Waals surface area (Å²) in [5.74, 6) is 0.941. The molecular weight excluding hydrogens is 256 g/mol. The molecule has 1 aromatic heterocycles. The molecule has 0 radical (unpaired) electrons. The lowest BCUT2D eigenvalue weighted by Crippen LogP contribution is -2.22. The molecule has 0 saturated carbocycles. The van der Waals surface area contributed by atoms with E-state index in [2.05, 4.69) is 36.3 Å². The van der Waals surface area contributed by atoms with Crippen LogP contribution in [0.4, 0.5) is 0 Å². The Bertz CT molecular complexity index is 511. The van der Waals surface area contributed by atoms with E-state index < -0.39 is 0 Å². The Kier molecular flexibility index (Phi) is 4.93. The topological polar surface area (TPSA) is 34.2 Å². The monoisotopic (exact) mass is 276 g/mol. The molecule has 0 bridgehead atoms. The van der Waals surface area contributed by atoms with Crippen molar-refractivity contribution in [2.75, 3.05) is 13.7 Å². The molecule has 102 valence electrons. The molecule has 0 saturated heterocycles. The Morgan fingerprint density at radius 3 is 2.84 bits per heavy atom. The number of thiazole rings is 1. The summed E-state index contributed by atoms with van der Waals surface area (Å²) in [5.41, 5.74) is 4.36. The summed E-state index contributed by atoms with van der Waals surface area (Å²) in [6.45, 7) is 5.17. The minimum Gasteiger partial charge on any atom is -0.496 e. The highest BCUT2D eigenvalue weighted by Gasteiger charge is 2.13. The standard InChI is InChI=1S/C15H20N2OS/c1-4-17-14(8-13-9-16-10-19-13)12-5-6-15(18-3)11(2)7-12/h5-7,9-10,14,17H,4,8H2,1-3H3. The fourth-order valence-corrected chi connectivity index (χ4v) is 2.86. The number of ether oxygens (including phenoxy) is 1. The zero-order valence-corrected chi connectivity index (χ0v) is 12.5. The number of hydrogen-bond donors (Lipinski definition) is 1. The summed E-state index contributed by atoms with van der Waals surface area (Å²) in [4.78, 5) is 5.45. The number of nitrogens with one attached hydrogen (secondary N) is 1. The summed E-state index contributed by atoms with van der Waals surface area (Å²) < 4.78 is 5.32. The lowest BCUT2D eigenvalue weighted by atomic mass is 10.0. The number of benzene rings is 1. The quantitative estimate of drug-likeness (QED) is 0.878. The fourth-order valence-electron chi connectivity index (χ4n) is 2.22. The Labute approximate surface area is 118 Å². The van der Waals surface area contributed by atoms with Gasteiger partial charge in [-0.3, -0.25) is 4.98 Å². The maximum Gasteiger partial charge on any atom is 0.121 e. The molecule has 0 amide bonds. The second kappa shape index (κ2) is 6.68. The van der Waals surface area contributed by atoms with Gasteiger partial charge in [0.2, 0.25) is 0 Å². The maximum absolute atomic E-state index is 5.32. The number of rotatable bonds is 6. The maximum atomic E-state index is 5.32. The minimum atomic E-state index is 0.329. The van der Waals surface area contributed by atoms with Gasteiger partial charge >= 0.3 is 0 Å². The zero-order valence-electron chi connectivity index (χ0n) is 11.6. The molecule has 0 aliphatic heterocycles. The lowest BCUT2D eigenvalue weighted by Gasteiger charge is -2.19. The first kappa shape index (κ1) is 14.0. The van der Waals surface area contributed by atoms with E-state index in [1.807, 2.05) is 17.8 Å². The Hall–Kier alpha value is -1.39. The van der Waals surface area contributed by atoms with Gasteiger partial charge in [0.25, 0.3) is 0 Å². The van der Waals surface area contributed by atoms with Crippen molar-refractivity contribution in [3.05, 3.63) is 45.9 Å². The van der Waals surface area contributed by atoms with Gasteiger partial charge in [-0.05, 0) is 30.7 Å². The van der Waals surface area contributed by atoms with Crippen LogP contribution < -0.4 is 10.1 Å². The van der Waals surface area contributed by atoms with E-state index >= 15 is 0 Å². The largest absolute Gasteiger partial charge is 0.496 e. The first-order valence-corrected chi connectivity index (χ1v) is 7.37. The summed E-state index contributed by atoms with van der Waals surface area (Å²) in [6.07, 6.45) is 2.93. The second-order valence-corrected chi connectivity index (χ2v) is 5.48. The number of aromatic nitrogens is 1. The summed E-state index contributed by atoms with van der Waals surface area (Å²) in [5, 5.41) is 3.54. The van der Waals surface area contributed by atoms with Gasteiger partial charge < -0.3 is 10.1 Å². The molecule has 1 atom stereocenters. The van der Waals surface area contributed by atoms with Crippen LogP contribution in [-0.2, 0) is 6.42 Å². The van der Waals surface area contributed by atoms with Crippen molar-refractivity contribution in [2.45, 2.75) is 26.3 Å². The van der Waals surface area contributed by atoms with Gasteiger partial charge in [0.15, 0.2) is 0 Å². The smallest absolute Gasteiger partial charge is 0.121 e. The van der Waals surface area contributed by atoms with E-state index in [1.54, 1.807) is 18.4 Å². The lowest BCUT2D eigenvalue weighted by molar-refractivity contribution is 0.411. The Balaban J connectivity index is 2.20. The van der Waals surface area contributed by atoms with Crippen LogP contribution in [-0.4, -0.2) is 18.6 Å². The fraction of sp³-hybridized carbons (Fsp3) is 0.400. The number of methoxy groups -OCH3 is 1. The predicted molar refractivity (Wildman–Crippen MR) is 80.0 cm³/mol. The highest BCUT2D eigenvalue weighted by molar-refractivity contribution is 7.09. The Morgan fingerprint density at radius 2 is 2.26 bits per heavy atom. The van der Waals surface area contributed by atoms with Crippen molar-refractivity contribution in [3.8, 4) is 5.75 Å². The molecule has 0 aliphatic rings. The molecule has 3 nitrogen and oxygen atoms in total. The van der Waals surface area contributed by atoms with Crippen LogP contribution in [0.5, 0.6) is 5.75 Å². The van der Waals surface area contributed by atoms with Crippen molar-refractivity contribution in [1.29, 1.82) is 0 Å². The van der Waals surface area contributed by atoms with Gasteiger partial charge in [-0.15, -0.1) is 11.3 Å². The van der Waals surface area contributed by atoms with Crippen molar-refractivity contribution in [2.24, 2.45) is 0 Å². The highest BCUT2D eigenvalue weighted by atomic mass is 32.1. The molecule has 19 heavy (non-hydrogen) atoms. The molecule has 2 rings (SSSR count). The third-order valence-corrected chi connectivity index (χ3v) is 3.96. The molecule has 1 unspecified atom stereocenters. The second-order valence-electron chi connectivity index (χ2n) is 4.51. The Morgan fingerprint density at radius 1 is 1.42 bits per heavy atom. The average Bonchev–Trinajstić information content (AvgIpc) is 2.91. The predicted octanol–water partition coefficient (Wildman–Crippen LogP) is 3.35. The van der Waals surface area contributed by atoms with Gasteiger partial charge in [0.05, 0.1) is 12.6 Å². The van der Waals surface area contributed by atoms with Crippen LogP contribution in [0.25, 0.3) is 0 Å².